The summed E-state index contributed by atoms with van der Waals surface area (Å²) in [5, 5.41) is 4.79. The first-order chi connectivity index (χ1) is 15.7. The van der Waals surface area contributed by atoms with Crippen LogP contribution in [0.2, 0.25) is 0 Å². The molecule has 7 heteroatoms. The van der Waals surface area contributed by atoms with Gasteiger partial charge in [-0.3, -0.25) is 9.78 Å². The van der Waals surface area contributed by atoms with E-state index in [1.165, 1.54) is 0 Å². The molecule has 1 aliphatic rings. The van der Waals surface area contributed by atoms with E-state index in [1.54, 1.807) is 30.0 Å². The van der Waals surface area contributed by atoms with E-state index in [-0.39, 0.29) is 5.56 Å². The number of ether oxygens (including phenoxy) is 1. The lowest BCUT2D eigenvalue weighted by Crippen LogP contribution is -2.43. The van der Waals surface area contributed by atoms with Crippen molar-refractivity contribution in [1.82, 2.24) is 19.8 Å². The largest absolute Gasteiger partial charge is 0.495 e. The Morgan fingerprint density at radius 1 is 1.12 bits per heavy atom. The number of hydrogen-bond donors (Lipinski definition) is 1. The lowest BCUT2D eigenvalue weighted by atomic mass is 10.0. The predicted octanol–water partition coefficient (Wildman–Crippen LogP) is 3.41. The van der Waals surface area contributed by atoms with Crippen molar-refractivity contribution in [3.63, 3.8) is 0 Å². The van der Waals surface area contributed by atoms with Crippen LogP contribution < -0.4 is 15.6 Å². The number of methoxy groups -OCH3 is 1. The van der Waals surface area contributed by atoms with Gasteiger partial charge >= 0.3 is 0 Å². The van der Waals surface area contributed by atoms with Crippen molar-refractivity contribution in [2.24, 2.45) is 0 Å². The van der Waals surface area contributed by atoms with Crippen LogP contribution in [-0.2, 0) is 13.1 Å². The molecule has 1 fully saturated rings. The molecule has 0 atom stereocenters. The number of pyridine rings is 2. The Labute approximate surface area is 186 Å². The second kappa shape index (κ2) is 9.14. The summed E-state index contributed by atoms with van der Waals surface area (Å²) in [5.41, 5.74) is 2.56. The zero-order chi connectivity index (χ0) is 21.9. The highest BCUT2D eigenvalue weighted by Crippen LogP contribution is 2.20. The number of aromatic nitrogens is 2. The quantitative estimate of drug-likeness (QED) is 0.483. The van der Waals surface area contributed by atoms with Crippen LogP contribution in [0.3, 0.4) is 0 Å². The maximum Gasteiger partial charge on any atom is 0.251 e. The summed E-state index contributed by atoms with van der Waals surface area (Å²) in [5.74, 6) is 1.64. The molecule has 166 valence electrons. The summed E-state index contributed by atoms with van der Waals surface area (Å²) in [4.78, 5) is 19.3. The van der Waals surface area contributed by atoms with Crippen LogP contribution in [0.5, 0.6) is 5.75 Å². The molecule has 4 aromatic rings. The molecule has 1 aromatic carbocycles. The van der Waals surface area contributed by atoms with E-state index in [2.05, 4.69) is 27.3 Å². The average molecular weight is 433 g/mol. The van der Waals surface area contributed by atoms with Crippen LogP contribution in [0.15, 0.2) is 63.9 Å². The predicted molar refractivity (Wildman–Crippen MR) is 125 cm³/mol. The first-order valence-electron chi connectivity index (χ1n) is 11.2. The molecule has 1 aliphatic heterocycles. The van der Waals surface area contributed by atoms with E-state index in [4.69, 9.17) is 9.15 Å². The number of rotatable bonds is 7. The summed E-state index contributed by atoms with van der Waals surface area (Å²) in [7, 11) is 1.61. The zero-order valence-electron chi connectivity index (χ0n) is 18.3. The molecule has 0 unspecified atom stereocenters. The molecular formula is C25H28N4O3. The molecule has 0 radical (unpaired) electrons. The Morgan fingerprint density at radius 3 is 2.78 bits per heavy atom. The number of furan rings is 1. The van der Waals surface area contributed by atoms with Gasteiger partial charge in [-0.2, -0.15) is 0 Å². The number of nitrogens with one attached hydrogen (secondary N) is 1. The number of hydrogen-bond acceptors (Lipinski definition) is 6. The van der Waals surface area contributed by atoms with Crippen LogP contribution in [0.25, 0.3) is 22.0 Å². The van der Waals surface area contributed by atoms with Crippen molar-refractivity contribution in [3.8, 4) is 5.75 Å². The van der Waals surface area contributed by atoms with Gasteiger partial charge in [0.15, 0.2) is 0 Å². The van der Waals surface area contributed by atoms with E-state index in [1.807, 2.05) is 24.3 Å². The monoisotopic (exact) mass is 432 g/mol. The van der Waals surface area contributed by atoms with E-state index >= 15 is 0 Å². The molecule has 1 saturated heterocycles. The van der Waals surface area contributed by atoms with Crippen molar-refractivity contribution in [1.29, 1.82) is 0 Å². The maximum absolute atomic E-state index is 12.5. The first-order valence-corrected chi connectivity index (χ1v) is 11.2. The third-order valence-electron chi connectivity index (χ3n) is 6.32. The van der Waals surface area contributed by atoms with Gasteiger partial charge < -0.3 is 23.9 Å². The number of para-hydroxylation sites is 1. The third-order valence-corrected chi connectivity index (χ3v) is 6.32. The molecule has 4 heterocycles. The highest BCUT2D eigenvalue weighted by molar-refractivity contribution is 5.77. The fraction of sp³-hybridized carbons (Fsp3) is 0.360. The third kappa shape index (κ3) is 4.40. The van der Waals surface area contributed by atoms with Crippen LogP contribution in [0.4, 0.5) is 0 Å². The van der Waals surface area contributed by atoms with Gasteiger partial charge in [0.2, 0.25) is 0 Å². The average Bonchev–Trinajstić information content (AvgIpc) is 3.25. The van der Waals surface area contributed by atoms with Crippen LogP contribution in [0, 0.1) is 0 Å². The molecule has 3 aromatic heterocycles. The Hall–Kier alpha value is -3.16. The van der Waals surface area contributed by atoms with Crippen molar-refractivity contribution < 1.29 is 9.15 Å². The molecule has 5 rings (SSSR count). The zero-order valence-corrected chi connectivity index (χ0v) is 18.3. The number of benzene rings is 1. The second-order valence-electron chi connectivity index (χ2n) is 8.35. The Balaban J connectivity index is 1.15. The normalized spacial score (nSPS) is 15.5. The minimum atomic E-state index is -0.00468. The number of piperidine rings is 1. The van der Waals surface area contributed by atoms with Crippen LogP contribution in [0.1, 0.15) is 18.6 Å². The Morgan fingerprint density at radius 2 is 1.97 bits per heavy atom. The number of fused-ring (bicyclic) bond motifs is 2. The maximum atomic E-state index is 12.5. The van der Waals surface area contributed by atoms with Crippen molar-refractivity contribution in [3.05, 3.63) is 70.8 Å². The van der Waals surface area contributed by atoms with E-state index in [0.717, 1.165) is 66.8 Å². The molecule has 32 heavy (non-hydrogen) atoms. The first kappa shape index (κ1) is 20.7. The summed E-state index contributed by atoms with van der Waals surface area (Å²) in [6, 6.07) is 16.0. The van der Waals surface area contributed by atoms with Gasteiger partial charge in [-0.05, 0) is 44.1 Å². The lowest BCUT2D eigenvalue weighted by Gasteiger charge is -2.32. The van der Waals surface area contributed by atoms with E-state index in [9.17, 15) is 4.79 Å². The summed E-state index contributed by atoms with van der Waals surface area (Å²) in [6.07, 6.45) is 3.85. The Bertz CT molecular complexity index is 1240. The molecular weight excluding hydrogens is 404 g/mol. The summed E-state index contributed by atoms with van der Waals surface area (Å²) >= 11 is 0. The molecule has 7 nitrogen and oxygen atoms in total. The minimum Gasteiger partial charge on any atom is -0.495 e. The standard InChI is InChI=1S/C25H28N4O3/c1-31-20-15-23-22(27-16-20)6-7-25(30)29(23)13-12-28-10-8-19(9-11-28)26-17-21-14-18-4-2-3-5-24(18)32-21/h2-7,14-16,19,26H,8-13,17H2,1H3. The number of likely N-dealkylation sites (tertiary alicyclic amines) is 1. The van der Waals surface area contributed by atoms with E-state index < -0.39 is 0 Å². The van der Waals surface area contributed by atoms with Gasteiger partial charge in [-0.15, -0.1) is 0 Å². The highest BCUT2D eigenvalue weighted by Gasteiger charge is 2.19. The Kier molecular flexibility index (Phi) is 5.92. The molecule has 0 spiro atoms. The van der Waals surface area contributed by atoms with Crippen molar-refractivity contribution >= 4 is 22.0 Å². The summed E-state index contributed by atoms with van der Waals surface area (Å²) < 4.78 is 13.0. The van der Waals surface area contributed by atoms with Crippen molar-refractivity contribution in [2.45, 2.75) is 32.0 Å². The fourth-order valence-corrected chi connectivity index (χ4v) is 4.46. The van der Waals surface area contributed by atoms with Crippen LogP contribution >= 0.6 is 0 Å². The topological polar surface area (TPSA) is 72.5 Å². The van der Waals surface area contributed by atoms with Crippen LogP contribution in [-0.4, -0.2) is 47.2 Å². The van der Waals surface area contributed by atoms with Gasteiger partial charge in [-0.1, -0.05) is 18.2 Å². The lowest BCUT2D eigenvalue weighted by molar-refractivity contribution is 0.190. The number of nitrogens with zero attached hydrogens (tertiary/aromatic N) is 3. The van der Waals surface area contributed by atoms with Gasteiger partial charge in [0.25, 0.3) is 5.56 Å². The highest BCUT2D eigenvalue weighted by atomic mass is 16.5. The minimum absolute atomic E-state index is 0.00468. The molecule has 0 bridgehead atoms. The van der Waals surface area contributed by atoms with E-state index in [0.29, 0.717) is 18.3 Å². The van der Waals surface area contributed by atoms with Gasteiger partial charge in [0.05, 0.1) is 30.9 Å². The molecule has 0 saturated carbocycles. The van der Waals surface area contributed by atoms with Gasteiger partial charge in [-0.25, -0.2) is 0 Å². The molecule has 1 N–H and O–H groups in total. The molecule has 0 amide bonds. The molecule has 0 aliphatic carbocycles. The second-order valence-corrected chi connectivity index (χ2v) is 8.35. The fourth-order valence-electron chi connectivity index (χ4n) is 4.46. The van der Waals surface area contributed by atoms with Crippen molar-refractivity contribution in [2.75, 3.05) is 26.7 Å². The van der Waals surface area contributed by atoms with Gasteiger partial charge in [0.1, 0.15) is 17.1 Å². The van der Waals surface area contributed by atoms with Gasteiger partial charge in [0, 0.05) is 36.7 Å². The summed E-state index contributed by atoms with van der Waals surface area (Å²) in [6.45, 7) is 4.26. The SMILES string of the molecule is COc1cnc2ccc(=O)n(CCN3CCC(NCc4cc5ccccc5o4)CC3)c2c1. The smallest absolute Gasteiger partial charge is 0.251 e.